The molecule has 0 bridgehead atoms. The number of nitrogens with zero attached hydrogens (tertiary/aromatic N) is 2. The molecule has 19 heavy (non-hydrogen) atoms. The second-order valence-corrected chi connectivity index (χ2v) is 4.51. The van der Waals surface area contributed by atoms with E-state index < -0.39 is 5.97 Å². The van der Waals surface area contributed by atoms with Gasteiger partial charge in [0.05, 0.1) is 13.1 Å². The van der Waals surface area contributed by atoms with E-state index in [-0.39, 0.29) is 24.2 Å². The molecular weight excluding hydrogens is 250 g/mol. The van der Waals surface area contributed by atoms with Crippen molar-refractivity contribution < 1.29 is 19.2 Å². The molecule has 0 spiro atoms. The minimum Gasteiger partial charge on any atom is -0.476 e. The largest absolute Gasteiger partial charge is 0.476 e. The van der Waals surface area contributed by atoms with Crippen molar-refractivity contribution in [2.45, 2.75) is 33.4 Å². The Morgan fingerprint density at radius 1 is 1.53 bits per heavy atom. The molecule has 0 aliphatic heterocycles. The van der Waals surface area contributed by atoms with Crippen molar-refractivity contribution in [3.8, 4) is 0 Å². The molecule has 0 aromatic carbocycles. The predicted octanol–water partition coefficient (Wildman–Crippen LogP) is 0.719. The van der Waals surface area contributed by atoms with Crippen molar-refractivity contribution in [3.05, 3.63) is 17.5 Å². The SMILES string of the molecule is CCN(CC(=O)NC(C)C)Cc1cc(C(=O)O)no1. The van der Waals surface area contributed by atoms with E-state index in [0.29, 0.717) is 18.8 Å². The molecule has 7 heteroatoms. The summed E-state index contributed by atoms with van der Waals surface area (Å²) in [4.78, 5) is 24.1. The molecule has 0 atom stereocenters. The smallest absolute Gasteiger partial charge is 0.358 e. The van der Waals surface area contributed by atoms with Crippen LogP contribution in [0.15, 0.2) is 10.6 Å². The van der Waals surface area contributed by atoms with Gasteiger partial charge < -0.3 is 14.9 Å². The zero-order valence-electron chi connectivity index (χ0n) is 11.3. The van der Waals surface area contributed by atoms with Crippen molar-refractivity contribution in [3.63, 3.8) is 0 Å². The van der Waals surface area contributed by atoms with E-state index in [2.05, 4.69) is 10.5 Å². The summed E-state index contributed by atoms with van der Waals surface area (Å²) >= 11 is 0. The van der Waals surface area contributed by atoms with Gasteiger partial charge in [0.2, 0.25) is 5.91 Å². The first kappa shape index (κ1) is 15.2. The van der Waals surface area contributed by atoms with Crippen molar-refractivity contribution in [2.75, 3.05) is 13.1 Å². The highest BCUT2D eigenvalue weighted by molar-refractivity contribution is 5.85. The van der Waals surface area contributed by atoms with Crippen LogP contribution in [-0.4, -0.2) is 46.2 Å². The molecule has 0 unspecified atom stereocenters. The number of carbonyl (C=O) groups is 2. The number of hydrogen-bond donors (Lipinski definition) is 2. The minimum atomic E-state index is -1.13. The van der Waals surface area contributed by atoms with E-state index in [1.807, 2.05) is 25.7 Å². The van der Waals surface area contributed by atoms with Gasteiger partial charge in [-0.25, -0.2) is 4.79 Å². The summed E-state index contributed by atoms with van der Waals surface area (Å²) in [6.07, 6.45) is 0. The zero-order valence-corrected chi connectivity index (χ0v) is 11.3. The summed E-state index contributed by atoms with van der Waals surface area (Å²) in [5, 5.41) is 15.0. The van der Waals surface area contributed by atoms with Crippen molar-refractivity contribution in [1.29, 1.82) is 0 Å². The van der Waals surface area contributed by atoms with Crippen LogP contribution >= 0.6 is 0 Å². The zero-order chi connectivity index (χ0) is 14.4. The molecule has 0 aliphatic carbocycles. The molecule has 7 nitrogen and oxygen atoms in total. The molecular formula is C12H19N3O4. The van der Waals surface area contributed by atoms with E-state index in [1.54, 1.807) is 0 Å². The van der Waals surface area contributed by atoms with Crippen LogP contribution in [0.2, 0.25) is 0 Å². The third-order valence-corrected chi connectivity index (χ3v) is 2.42. The Morgan fingerprint density at radius 2 is 2.21 bits per heavy atom. The number of hydrogen-bond acceptors (Lipinski definition) is 5. The van der Waals surface area contributed by atoms with Crippen LogP contribution in [0, 0.1) is 0 Å². The van der Waals surface area contributed by atoms with Gasteiger partial charge in [0.1, 0.15) is 0 Å². The van der Waals surface area contributed by atoms with E-state index in [1.165, 1.54) is 6.07 Å². The summed E-state index contributed by atoms with van der Waals surface area (Å²) < 4.78 is 4.92. The number of carbonyl (C=O) groups excluding carboxylic acids is 1. The van der Waals surface area contributed by atoms with Crippen LogP contribution < -0.4 is 5.32 Å². The Hall–Kier alpha value is -1.89. The van der Waals surface area contributed by atoms with E-state index >= 15 is 0 Å². The second-order valence-electron chi connectivity index (χ2n) is 4.51. The first-order chi connectivity index (χ1) is 8.92. The van der Waals surface area contributed by atoms with E-state index in [4.69, 9.17) is 9.63 Å². The molecule has 1 amide bonds. The Bertz CT molecular complexity index is 442. The van der Waals surface area contributed by atoms with E-state index in [0.717, 1.165) is 0 Å². The number of carboxylic acid groups (broad SMARTS) is 1. The normalized spacial score (nSPS) is 11.0. The van der Waals surface area contributed by atoms with Gasteiger partial charge in [0.15, 0.2) is 11.5 Å². The minimum absolute atomic E-state index is 0.0742. The van der Waals surface area contributed by atoms with Crippen molar-refractivity contribution in [2.24, 2.45) is 0 Å². The van der Waals surface area contributed by atoms with Crippen LogP contribution in [-0.2, 0) is 11.3 Å². The lowest BCUT2D eigenvalue weighted by atomic mass is 10.3. The first-order valence-corrected chi connectivity index (χ1v) is 6.13. The standard InChI is InChI=1S/C12H19N3O4/c1-4-15(7-11(16)13-8(2)3)6-9-5-10(12(17)18)14-19-9/h5,8H,4,6-7H2,1-3H3,(H,13,16)(H,17,18). The fraction of sp³-hybridized carbons (Fsp3) is 0.583. The van der Waals surface area contributed by atoms with Gasteiger partial charge in [-0.15, -0.1) is 0 Å². The molecule has 1 heterocycles. The summed E-state index contributed by atoms with van der Waals surface area (Å²) in [5.41, 5.74) is -0.127. The molecule has 2 N–H and O–H groups in total. The third-order valence-electron chi connectivity index (χ3n) is 2.42. The van der Waals surface area contributed by atoms with Crippen LogP contribution in [0.5, 0.6) is 0 Å². The molecule has 0 fully saturated rings. The van der Waals surface area contributed by atoms with Gasteiger partial charge in [-0.05, 0) is 20.4 Å². The summed E-state index contributed by atoms with van der Waals surface area (Å²) in [6, 6.07) is 1.46. The number of nitrogens with one attached hydrogen (secondary N) is 1. The lowest BCUT2D eigenvalue weighted by molar-refractivity contribution is -0.122. The maximum atomic E-state index is 11.6. The first-order valence-electron chi connectivity index (χ1n) is 6.13. The Morgan fingerprint density at radius 3 is 2.68 bits per heavy atom. The van der Waals surface area contributed by atoms with Crippen molar-refractivity contribution in [1.82, 2.24) is 15.4 Å². The highest BCUT2D eigenvalue weighted by Crippen LogP contribution is 2.07. The van der Waals surface area contributed by atoms with Crippen LogP contribution in [0.4, 0.5) is 0 Å². The molecule has 0 saturated heterocycles. The monoisotopic (exact) mass is 269 g/mol. The lowest BCUT2D eigenvalue weighted by Gasteiger charge is -2.19. The van der Waals surface area contributed by atoms with E-state index in [9.17, 15) is 9.59 Å². The molecule has 1 aromatic rings. The van der Waals surface area contributed by atoms with Crippen molar-refractivity contribution >= 4 is 11.9 Å². The average Bonchev–Trinajstić information content (AvgIpc) is 2.75. The maximum Gasteiger partial charge on any atom is 0.358 e. The number of rotatable bonds is 7. The molecule has 0 radical (unpaired) electrons. The molecule has 0 saturated carbocycles. The fourth-order valence-corrected chi connectivity index (χ4v) is 1.56. The van der Waals surface area contributed by atoms with Gasteiger partial charge in [0, 0.05) is 12.1 Å². The maximum absolute atomic E-state index is 11.6. The predicted molar refractivity (Wildman–Crippen MR) is 67.7 cm³/mol. The lowest BCUT2D eigenvalue weighted by Crippen LogP contribution is -2.39. The van der Waals surface area contributed by atoms with Gasteiger partial charge in [0.25, 0.3) is 0 Å². The van der Waals surface area contributed by atoms with Gasteiger partial charge in [-0.1, -0.05) is 12.1 Å². The highest BCUT2D eigenvalue weighted by Gasteiger charge is 2.15. The highest BCUT2D eigenvalue weighted by atomic mass is 16.5. The Balaban J connectivity index is 2.56. The summed E-state index contributed by atoms with van der Waals surface area (Å²) in [6.45, 7) is 6.93. The fourth-order valence-electron chi connectivity index (χ4n) is 1.56. The Labute approximate surface area is 111 Å². The third kappa shape index (κ3) is 5.09. The number of amides is 1. The molecule has 106 valence electrons. The summed E-state index contributed by atoms with van der Waals surface area (Å²) in [7, 11) is 0. The second kappa shape index (κ2) is 6.89. The van der Waals surface area contributed by atoms with Crippen LogP contribution in [0.25, 0.3) is 0 Å². The summed E-state index contributed by atoms with van der Waals surface area (Å²) in [5.74, 6) is -0.776. The average molecular weight is 269 g/mol. The molecule has 1 aromatic heterocycles. The number of aromatic carboxylic acids is 1. The van der Waals surface area contributed by atoms with Gasteiger partial charge in [-0.3, -0.25) is 9.69 Å². The number of carboxylic acids is 1. The molecule has 0 aliphatic rings. The van der Waals surface area contributed by atoms with Crippen LogP contribution in [0.1, 0.15) is 37.0 Å². The number of likely N-dealkylation sites (N-methyl/N-ethyl adjacent to an activating group) is 1. The number of aromatic nitrogens is 1. The quantitative estimate of drug-likeness (QED) is 0.757. The Kier molecular flexibility index (Phi) is 5.50. The van der Waals surface area contributed by atoms with Gasteiger partial charge in [-0.2, -0.15) is 0 Å². The van der Waals surface area contributed by atoms with Gasteiger partial charge >= 0.3 is 5.97 Å². The molecule has 1 rings (SSSR count). The van der Waals surface area contributed by atoms with Crippen LogP contribution in [0.3, 0.4) is 0 Å². The topological polar surface area (TPSA) is 95.7 Å².